The third-order valence-electron chi connectivity index (χ3n) is 2.30. The van der Waals surface area contributed by atoms with Crippen LogP contribution in [-0.4, -0.2) is 8.42 Å². The van der Waals surface area contributed by atoms with E-state index in [4.69, 9.17) is 0 Å². The average molecular weight is 348 g/mol. The molecule has 0 aliphatic heterocycles. The fourth-order valence-electron chi connectivity index (χ4n) is 1.44. The van der Waals surface area contributed by atoms with E-state index in [9.17, 15) is 17.2 Å². The van der Waals surface area contributed by atoms with Gasteiger partial charge >= 0.3 is 0 Å². The van der Waals surface area contributed by atoms with E-state index >= 15 is 0 Å². The van der Waals surface area contributed by atoms with Crippen LogP contribution in [0.2, 0.25) is 0 Å². The maximum Gasteiger partial charge on any atom is 0.264 e. The van der Waals surface area contributed by atoms with Crippen molar-refractivity contribution in [1.29, 1.82) is 0 Å². The van der Waals surface area contributed by atoms with Gasteiger partial charge in [0.15, 0.2) is 0 Å². The van der Waals surface area contributed by atoms with Gasteiger partial charge in [-0.05, 0) is 30.3 Å². The lowest BCUT2D eigenvalue weighted by Crippen LogP contribution is -2.15. The fraction of sp³-hybridized carbons (Fsp3) is 0. The van der Waals surface area contributed by atoms with Crippen LogP contribution in [0.15, 0.2) is 51.8 Å². The summed E-state index contributed by atoms with van der Waals surface area (Å²) in [5, 5.41) is 0. The second-order valence-electron chi connectivity index (χ2n) is 3.66. The Bertz CT molecular complexity index is 719. The van der Waals surface area contributed by atoms with E-state index in [1.165, 1.54) is 24.3 Å². The first-order chi connectivity index (χ1) is 8.90. The molecule has 0 saturated carbocycles. The maximum atomic E-state index is 13.5. The summed E-state index contributed by atoms with van der Waals surface area (Å²) in [4.78, 5) is -0.533. The van der Waals surface area contributed by atoms with Crippen molar-refractivity contribution in [3.8, 4) is 0 Å². The van der Waals surface area contributed by atoms with Crippen LogP contribution in [0.1, 0.15) is 0 Å². The minimum absolute atomic E-state index is 0.252. The van der Waals surface area contributed by atoms with Gasteiger partial charge in [-0.25, -0.2) is 17.2 Å². The number of hydrogen-bond donors (Lipinski definition) is 1. The van der Waals surface area contributed by atoms with Crippen molar-refractivity contribution in [2.24, 2.45) is 0 Å². The lowest BCUT2D eigenvalue weighted by atomic mass is 10.3. The van der Waals surface area contributed by atoms with E-state index < -0.39 is 26.6 Å². The van der Waals surface area contributed by atoms with Gasteiger partial charge < -0.3 is 0 Å². The first kappa shape index (κ1) is 14.0. The Morgan fingerprint density at radius 2 is 1.68 bits per heavy atom. The predicted molar refractivity (Wildman–Crippen MR) is 71.3 cm³/mol. The Morgan fingerprint density at radius 3 is 2.37 bits per heavy atom. The molecule has 0 aliphatic rings. The van der Waals surface area contributed by atoms with Gasteiger partial charge in [0, 0.05) is 4.47 Å². The minimum Gasteiger partial charge on any atom is -0.277 e. The number of halogens is 3. The van der Waals surface area contributed by atoms with Crippen molar-refractivity contribution < 1.29 is 17.2 Å². The van der Waals surface area contributed by atoms with E-state index in [2.05, 4.69) is 15.9 Å². The molecule has 1 N–H and O–H groups in total. The number of benzene rings is 2. The molecular formula is C12H8BrF2NO2S. The Balaban J connectivity index is 2.43. The second-order valence-corrected chi connectivity index (χ2v) is 6.23. The Morgan fingerprint density at radius 1 is 1.00 bits per heavy atom. The van der Waals surface area contributed by atoms with Crippen molar-refractivity contribution in [3.63, 3.8) is 0 Å². The van der Waals surface area contributed by atoms with Gasteiger partial charge in [0.1, 0.15) is 16.5 Å². The number of anilines is 1. The molecular weight excluding hydrogens is 340 g/mol. The summed E-state index contributed by atoms with van der Waals surface area (Å²) >= 11 is 3.10. The maximum absolute atomic E-state index is 13.5. The minimum atomic E-state index is -4.17. The topological polar surface area (TPSA) is 46.2 Å². The van der Waals surface area contributed by atoms with Crippen LogP contribution in [0, 0.1) is 11.6 Å². The number of sulfonamides is 1. The molecule has 2 rings (SSSR count). The number of rotatable bonds is 3. The van der Waals surface area contributed by atoms with Gasteiger partial charge in [-0.3, -0.25) is 4.72 Å². The van der Waals surface area contributed by atoms with Gasteiger partial charge in [-0.1, -0.05) is 28.1 Å². The van der Waals surface area contributed by atoms with Crippen molar-refractivity contribution in [2.75, 3.05) is 4.72 Å². The molecule has 0 bridgehead atoms. The fourth-order valence-corrected chi connectivity index (χ4v) is 2.94. The third-order valence-corrected chi connectivity index (χ3v) is 4.19. The summed E-state index contributed by atoms with van der Waals surface area (Å²) in [5.74, 6) is -1.64. The first-order valence-corrected chi connectivity index (χ1v) is 7.40. The van der Waals surface area contributed by atoms with Crippen LogP contribution in [0.3, 0.4) is 0 Å². The molecule has 100 valence electrons. The molecule has 0 unspecified atom stereocenters. The molecule has 0 fully saturated rings. The highest BCUT2D eigenvalue weighted by atomic mass is 79.9. The van der Waals surface area contributed by atoms with Gasteiger partial charge in [-0.2, -0.15) is 0 Å². The number of nitrogens with one attached hydrogen (secondary N) is 1. The molecule has 0 heterocycles. The van der Waals surface area contributed by atoms with Crippen molar-refractivity contribution in [1.82, 2.24) is 0 Å². The molecule has 2 aromatic rings. The molecule has 0 aliphatic carbocycles. The summed E-state index contributed by atoms with van der Waals surface area (Å²) in [6, 6.07) is 8.66. The molecule has 7 heteroatoms. The van der Waals surface area contributed by atoms with Crippen molar-refractivity contribution in [3.05, 3.63) is 58.6 Å². The van der Waals surface area contributed by atoms with Gasteiger partial charge in [-0.15, -0.1) is 0 Å². The van der Waals surface area contributed by atoms with E-state index in [-0.39, 0.29) is 5.69 Å². The smallest absolute Gasteiger partial charge is 0.264 e. The van der Waals surface area contributed by atoms with Crippen LogP contribution in [-0.2, 0) is 10.0 Å². The average Bonchev–Trinajstić information content (AvgIpc) is 2.34. The molecule has 0 spiro atoms. The normalized spacial score (nSPS) is 11.3. The van der Waals surface area contributed by atoms with Crippen LogP contribution in [0.25, 0.3) is 0 Å². The quantitative estimate of drug-likeness (QED) is 0.923. The monoisotopic (exact) mass is 347 g/mol. The third kappa shape index (κ3) is 3.10. The molecule has 19 heavy (non-hydrogen) atoms. The van der Waals surface area contributed by atoms with E-state index in [1.54, 1.807) is 0 Å². The Hall–Kier alpha value is -1.47. The summed E-state index contributed by atoms with van der Waals surface area (Å²) in [6.07, 6.45) is 0. The Labute approximate surface area is 117 Å². The van der Waals surface area contributed by atoms with Gasteiger partial charge in [0.25, 0.3) is 10.0 Å². The van der Waals surface area contributed by atoms with E-state index in [1.807, 2.05) is 4.72 Å². The van der Waals surface area contributed by atoms with Gasteiger partial charge in [0.05, 0.1) is 5.69 Å². The van der Waals surface area contributed by atoms with E-state index in [0.717, 1.165) is 18.2 Å². The largest absolute Gasteiger partial charge is 0.277 e. The molecule has 0 saturated heterocycles. The standard InChI is InChI=1S/C12H8BrF2NO2S/c13-8-5-6-9(14)11(7-8)16-19(17,18)12-4-2-1-3-10(12)15/h1-7,16H. The molecule has 2 aromatic carbocycles. The molecule has 0 aromatic heterocycles. The van der Waals surface area contributed by atoms with Crippen molar-refractivity contribution >= 4 is 31.6 Å². The van der Waals surface area contributed by atoms with Crippen LogP contribution >= 0.6 is 15.9 Å². The van der Waals surface area contributed by atoms with Crippen molar-refractivity contribution in [2.45, 2.75) is 4.90 Å². The highest BCUT2D eigenvalue weighted by Crippen LogP contribution is 2.24. The van der Waals surface area contributed by atoms with Crippen LogP contribution in [0.5, 0.6) is 0 Å². The highest BCUT2D eigenvalue weighted by molar-refractivity contribution is 9.10. The summed E-state index contributed by atoms with van der Waals surface area (Å²) in [6.45, 7) is 0. The summed E-state index contributed by atoms with van der Waals surface area (Å²) in [5.41, 5.74) is -0.252. The lowest BCUT2D eigenvalue weighted by molar-refractivity contribution is 0.569. The molecule has 3 nitrogen and oxygen atoms in total. The zero-order valence-corrected chi connectivity index (χ0v) is 11.8. The SMILES string of the molecule is O=S(=O)(Nc1cc(Br)ccc1F)c1ccccc1F. The summed E-state index contributed by atoms with van der Waals surface area (Å²) in [7, 11) is -4.17. The predicted octanol–water partition coefficient (Wildman–Crippen LogP) is 3.53. The first-order valence-electron chi connectivity index (χ1n) is 5.12. The van der Waals surface area contributed by atoms with Crippen LogP contribution in [0.4, 0.5) is 14.5 Å². The lowest BCUT2D eigenvalue weighted by Gasteiger charge is -2.09. The highest BCUT2D eigenvalue weighted by Gasteiger charge is 2.20. The zero-order chi connectivity index (χ0) is 14.0. The molecule has 0 atom stereocenters. The second kappa shape index (κ2) is 5.26. The summed E-state index contributed by atoms with van der Waals surface area (Å²) < 4.78 is 53.3. The Kier molecular flexibility index (Phi) is 3.86. The number of hydrogen-bond acceptors (Lipinski definition) is 2. The zero-order valence-electron chi connectivity index (χ0n) is 9.40. The van der Waals surface area contributed by atoms with Crippen LogP contribution < -0.4 is 4.72 Å². The van der Waals surface area contributed by atoms with Gasteiger partial charge in [0.2, 0.25) is 0 Å². The van der Waals surface area contributed by atoms with E-state index in [0.29, 0.717) is 4.47 Å². The molecule has 0 amide bonds. The molecule has 0 radical (unpaired) electrons.